The van der Waals surface area contributed by atoms with Crippen molar-refractivity contribution in [1.82, 2.24) is 19.7 Å². The number of hydrogen-bond donors (Lipinski definition) is 2. The van der Waals surface area contributed by atoms with Crippen molar-refractivity contribution in [2.75, 3.05) is 11.9 Å². The Morgan fingerprint density at radius 2 is 2.38 bits per heavy atom. The first kappa shape index (κ1) is 15.2. The molecule has 1 fully saturated rings. The van der Waals surface area contributed by atoms with Crippen molar-refractivity contribution in [2.45, 2.75) is 25.5 Å². The Morgan fingerprint density at radius 3 is 3.21 bits per heavy atom. The number of benzene rings is 1. The summed E-state index contributed by atoms with van der Waals surface area (Å²) in [5, 5.41) is 11.2. The van der Waals surface area contributed by atoms with Crippen molar-refractivity contribution < 1.29 is 9.53 Å². The molecular weight excluding hydrogens is 330 g/mol. The van der Waals surface area contributed by atoms with Crippen LogP contribution >= 0.6 is 11.6 Å². The highest BCUT2D eigenvalue weighted by atomic mass is 35.5. The average molecular weight is 346 g/mol. The molecule has 0 bridgehead atoms. The van der Waals surface area contributed by atoms with Gasteiger partial charge in [0.2, 0.25) is 11.9 Å². The van der Waals surface area contributed by atoms with Crippen molar-refractivity contribution >= 4 is 34.4 Å². The minimum absolute atomic E-state index is 0.0568. The van der Waals surface area contributed by atoms with E-state index in [1.807, 2.05) is 35.0 Å². The maximum absolute atomic E-state index is 12.2. The lowest BCUT2D eigenvalue weighted by molar-refractivity contribution is -0.116. The maximum atomic E-state index is 12.2. The zero-order valence-corrected chi connectivity index (χ0v) is 13.6. The molecule has 0 aliphatic carbocycles. The van der Waals surface area contributed by atoms with Crippen LogP contribution in [0.15, 0.2) is 30.5 Å². The van der Waals surface area contributed by atoms with Gasteiger partial charge in [-0.3, -0.25) is 15.2 Å². The first-order valence-corrected chi connectivity index (χ1v) is 8.15. The third-order valence-electron chi connectivity index (χ3n) is 4.04. The van der Waals surface area contributed by atoms with Crippen LogP contribution in [0.3, 0.4) is 0 Å². The summed E-state index contributed by atoms with van der Waals surface area (Å²) in [6.07, 6.45) is 3.73. The summed E-state index contributed by atoms with van der Waals surface area (Å²) in [5.41, 5.74) is 0.910. The highest BCUT2D eigenvalue weighted by Crippen LogP contribution is 2.26. The number of nitrogens with one attached hydrogen (secondary N) is 2. The van der Waals surface area contributed by atoms with Gasteiger partial charge in [-0.2, -0.15) is 4.98 Å². The number of aromatic nitrogens is 4. The highest BCUT2D eigenvalue weighted by Gasteiger charge is 2.21. The van der Waals surface area contributed by atoms with E-state index in [1.54, 1.807) is 0 Å². The molecule has 1 aliphatic heterocycles. The molecule has 1 unspecified atom stereocenters. The van der Waals surface area contributed by atoms with Crippen LogP contribution < -0.4 is 5.32 Å². The molecule has 1 aliphatic rings. The molecule has 8 heteroatoms. The summed E-state index contributed by atoms with van der Waals surface area (Å²) in [5.74, 6) is 0.714. The monoisotopic (exact) mass is 345 g/mol. The number of carbonyl (C=O) groups excluding carboxylic acids is 1. The molecule has 1 atom stereocenters. The molecule has 1 saturated heterocycles. The molecule has 0 radical (unpaired) electrons. The number of rotatable bonds is 4. The fourth-order valence-corrected chi connectivity index (χ4v) is 3.05. The first-order valence-electron chi connectivity index (χ1n) is 7.77. The third kappa shape index (κ3) is 3.00. The van der Waals surface area contributed by atoms with E-state index in [-0.39, 0.29) is 24.5 Å². The van der Waals surface area contributed by atoms with E-state index in [2.05, 4.69) is 20.5 Å². The van der Waals surface area contributed by atoms with Crippen LogP contribution in [0, 0.1) is 0 Å². The van der Waals surface area contributed by atoms with E-state index in [0.717, 1.165) is 30.4 Å². The van der Waals surface area contributed by atoms with E-state index < -0.39 is 0 Å². The number of fused-ring (bicyclic) bond motifs is 1. The van der Waals surface area contributed by atoms with Crippen LogP contribution in [-0.2, 0) is 16.1 Å². The Morgan fingerprint density at radius 1 is 1.46 bits per heavy atom. The van der Waals surface area contributed by atoms with Crippen molar-refractivity contribution in [3.63, 3.8) is 0 Å². The van der Waals surface area contributed by atoms with Crippen LogP contribution in [0.5, 0.6) is 0 Å². The van der Waals surface area contributed by atoms with Crippen LogP contribution in [-0.4, -0.2) is 32.3 Å². The van der Waals surface area contributed by atoms with Crippen LogP contribution in [0.2, 0.25) is 5.02 Å². The van der Waals surface area contributed by atoms with Crippen molar-refractivity contribution in [1.29, 1.82) is 0 Å². The van der Waals surface area contributed by atoms with E-state index in [0.29, 0.717) is 10.8 Å². The fraction of sp³-hybridized carbons (Fsp3) is 0.312. The molecule has 3 aromatic rings. The van der Waals surface area contributed by atoms with Gasteiger partial charge in [-0.25, -0.2) is 0 Å². The molecule has 1 amide bonds. The van der Waals surface area contributed by atoms with Gasteiger partial charge in [0.05, 0.1) is 0 Å². The van der Waals surface area contributed by atoms with Gasteiger partial charge in [-0.05, 0) is 36.4 Å². The predicted octanol–water partition coefficient (Wildman–Crippen LogP) is 2.90. The third-order valence-corrected chi connectivity index (χ3v) is 4.27. The lowest BCUT2D eigenvalue weighted by Gasteiger charge is -2.05. The lowest BCUT2D eigenvalue weighted by atomic mass is 10.2. The quantitative estimate of drug-likeness (QED) is 0.761. The topological polar surface area (TPSA) is 84.8 Å². The molecule has 0 saturated carbocycles. The summed E-state index contributed by atoms with van der Waals surface area (Å²) in [7, 11) is 0. The predicted molar refractivity (Wildman–Crippen MR) is 89.9 cm³/mol. The second-order valence-corrected chi connectivity index (χ2v) is 6.18. The summed E-state index contributed by atoms with van der Waals surface area (Å²) >= 11 is 6.03. The number of hydrogen-bond acceptors (Lipinski definition) is 4. The van der Waals surface area contributed by atoms with Gasteiger partial charge >= 0.3 is 0 Å². The Kier molecular flexibility index (Phi) is 3.95. The fourth-order valence-electron chi connectivity index (χ4n) is 2.88. The van der Waals surface area contributed by atoms with Gasteiger partial charge in [0.15, 0.2) is 5.82 Å². The summed E-state index contributed by atoms with van der Waals surface area (Å²) in [6, 6.07) is 7.54. The molecule has 1 aromatic carbocycles. The number of anilines is 1. The summed E-state index contributed by atoms with van der Waals surface area (Å²) in [6.45, 7) is 0.893. The number of amides is 1. The summed E-state index contributed by atoms with van der Waals surface area (Å²) < 4.78 is 7.38. The second kappa shape index (κ2) is 6.26. The molecule has 24 heavy (non-hydrogen) atoms. The van der Waals surface area contributed by atoms with E-state index in [9.17, 15) is 4.79 Å². The minimum atomic E-state index is -0.203. The number of ether oxygens (including phenoxy) is 1. The molecular formula is C16H16ClN5O2. The first-order chi connectivity index (χ1) is 11.7. The molecule has 3 heterocycles. The zero-order valence-electron chi connectivity index (χ0n) is 12.8. The molecule has 0 spiro atoms. The summed E-state index contributed by atoms with van der Waals surface area (Å²) in [4.78, 5) is 16.5. The Bertz CT molecular complexity index is 882. The average Bonchev–Trinajstić information content (AvgIpc) is 3.28. The Hall–Kier alpha value is -2.38. The number of halogens is 1. The van der Waals surface area contributed by atoms with E-state index in [1.165, 1.54) is 0 Å². The Labute approximate surface area is 143 Å². The van der Waals surface area contributed by atoms with Gasteiger partial charge in [0, 0.05) is 23.3 Å². The lowest BCUT2D eigenvalue weighted by Crippen LogP contribution is -2.19. The van der Waals surface area contributed by atoms with Gasteiger partial charge in [-0.1, -0.05) is 17.7 Å². The normalized spacial score (nSPS) is 17.5. The SMILES string of the molecule is O=C(Cn1ccc2ccc(Cl)cc21)Nc1n[nH]c(C2CCCO2)n1. The molecule has 7 nitrogen and oxygen atoms in total. The molecule has 2 aromatic heterocycles. The zero-order chi connectivity index (χ0) is 16.5. The van der Waals surface area contributed by atoms with Gasteiger partial charge in [-0.15, -0.1) is 5.10 Å². The molecule has 2 N–H and O–H groups in total. The van der Waals surface area contributed by atoms with Crippen LogP contribution in [0.1, 0.15) is 24.8 Å². The van der Waals surface area contributed by atoms with Crippen molar-refractivity contribution in [3.05, 3.63) is 41.3 Å². The second-order valence-electron chi connectivity index (χ2n) is 5.74. The van der Waals surface area contributed by atoms with Gasteiger partial charge in [0.25, 0.3) is 0 Å². The van der Waals surface area contributed by atoms with E-state index >= 15 is 0 Å². The Balaban J connectivity index is 1.45. The standard InChI is InChI=1S/C16H16ClN5O2/c17-11-4-3-10-5-6-22(12(10)8-11)9-14(23)18-16-19-15(20-21-16)13-2-1-7-24-13/h3-6,8,13H,1-2,7,9H2,(H2,18,19,20,21,23). The van der Waals surface area contributed by atoms with Crippen molar-refractivity contribution in [3.8, 4) is 0 Å². The minimum Gasteiger partial charge on any atom is -0.370 e. The van der Waals surface area contributed by atoms with Gasteiger partial charge < -0.3 is 9.30 Å². The van der Waals surface area contributed by atoms with Gasteiger partial charge in [0.1, 0.15) is 12.6 Å². The number of aromatic amines is 1. The van der Waals surface area contributed by atoms with Crippen LogP contribution in [0.25, 0.3) is 10.9 Å². The highest BCUT2D eigenvalue weighted by molar-refractivity contribution is 6.31. The number of nitrogens with zero attached hydrogens (tertiary/aromatic N) is 3. The van der Waals surface area contributed by atoms with Crippen LogP contribution in [0.4, 0.5) is 5.95 Å². The smallest absolute Gasteiger partial charge is 0.248 e. The molecule has 124 valence electrons. The maximum Gasteiger partial charge on any atom is 0.248 e. The van der Waals surface area contributed by atoms with E-state index in [4.69, 9.17) is 16.3 Å². The number of H-pyrrole nitrogens is 1. The number of carbonyl (C=O) groups is 1. The van der Waals surface area contributed by atoms with Crippen molar-refractivity contribution in [2.24, 2.45) is 0 Å². The molecule has 4 rings (SSSR count). The largest absolute Gasteiger partial charge is 0.370 e.